The van der Waals surface area contributed by atoms with E-state index in [1.165, 1.54) is 76.2 Å². The Balaban J connectivity index is -0.000000654. The van der Waals surface area contributed by atoms with E-state index in [0.717, 1.165) is 42.1 Å². The number of aromatic amines is 1. The number of hydrogen-bond donors (Lipinski definition) is 2. The molecule has 2 atom stereocenters. The normalized spacial score (nSPS) is 11.8. The van der Waals surface area contributed by atoms with Gasteiger partial charge in [0.15, 0.2) is 5.78 Å². The predicted molar refractivity (Wildman–Crippen MR) is 252 cm³/mol. The highest BCUT2D eigenvalue weighted by Crippen LogP contribution is 2.38. The number of ketones is 1. The second kappa shape index (κ2) is 34.8. The van der Waals surface area contributed by atoms with E-state index in [-0.39, 0.29) is 22.9 Å². The molecule has 2 rings (SSSR count). The number of Topliss-reactive ketones (excluding diaryl/α,β-unsaturated/α-hetero) is 1. The standard InChI is InChI=1S/C12H26.C11H24O.C10H14N2O.C10H12O.C8H16O2/c1-5-9-12(8-4,10-6-2)11-7-3;1-5-7-8-12-11(4)9-10(3)6-2;1-3-4-8(11)9-7(2)5-6-12-10(9)13;1-7-4-5-10(9(3)11)8(2)6-7;1-5-6-7(9)10-8(2,3)4/h5-11H2,1-4H3;10-11H,5-9H2,1-4H3;5-6,11H,3-4H2,1-2H3,(H,12,13);4-6H,1-3H3;5-6H2,1-4H3. The first-order valence-electron chi connectivity index (χ1n) is 22.9. The van der Waals surface area contributed by atoms with Crippen LogP contribution >= 0.6 is 0 Å². The van der Waals surface area contributed by atoms with Crippen LogP contribution in [0, 0.1) is 37.5 Å². The lowest BCUT2D eigenvalue weighted by atomic mass is 9.74. The third-order valence-electron chi connectivity index (χ3n) is 10.0. The third kappa shape index (κ3) is 30.1. The van der Waals surface area contributed by atoms with Crippen molar-refractivity contribution in [2.24, 2.45) is 11.3 Å². The van der Waals surface area contributed by atoms with Gasteiger partial charge in [0.1, 0.15) is 5.60 Å². The molecule has 0 aliphatic carbocycles. The second-order valence-corrected chi connectivity index (χ2v) is 17.2. The molecule has 0 saturated heterocycles. The van der Waals surface area contributed by atoms with Crippen LogP contribution in [-0.2, 0) is 14.3 Å². The van der Waals surface area contributed by atoms with Gasteiger partial charge in [0.2, 0.25) is 0 Å². The highest BCUT2D eigenvalue weighted by atomic mass is 16.6. The molecule has 58 heavy (non-hydrogen) atoms. The molecule has 2 N–H and O–H groups in total. The van der Waals surface area contributed by atoms with Crippen molar-refractivity contribution >= 4 is 17.5 Å². The largest absolute Gasteiger partial charge is 0.460 e. The fraction of sp³-hybridized carbons (Fsp3) is 0.725. The number of pyridine rings is 1. The molecule has 1 aromatic carbocycles. The summed E-state index contributed by atoms with van der Waals surface area (Å²) in [7, 11) is 0. The van der Waals surface area contributed by atoms with Crippen LogP contribution in [0.15, 0.2) is 35.3 Å². The molecule has 0 aliphatic heterocycles. The minimum absolute atomic E-state index is 0.102. The molecule has 7 nitrogen and oxygen atoms in total. The lowest BCUT2D eigenvalue weighted by Gasteiger charge is -2.32. The number of rotatable bonds is 20. The summed E-state index contributed by atoms with van der Waals surface area (Å²) in [6, 6.07) is 7.69. The maximum absolute atomic E-state index is 11.4. The zero-order valence-electron chi connectivity index (χ0n) is 40.9. The Kier molecular flexibility index (Phi) is 35.5. The number of carbonyl (C=O) groups is 2. The van der Waals surface area contributed by atoms with Crippen molar-refractivity contribution in [1.82, 2.24) is 4.98 Å². The molecular formula is C51H92N2O5. The number of nitrogens with one attached hydrogen (secondary N) is 2. The Hall–Kier alpha value is -3.06. The lowest BCUT2D eigenvalue weighted by Crippen LogP contribution is -2.23. The highest BCUT2D eigenvalue weighted by molar-refractivity contribution is 5.99. The van der Waals surface area contributed by atoms with Gasteiger partial charge in [-0.2, -0.15) is 0 Å². The molecule has 2 aromatic rings. The molecule has 0 radical (unpaired) electrons. The smallest absolute Gasteiger partial charge is 0.306 e. The average Bonchev–Trinajstić information content (AvgIpc) is 3.12. The fourth-order valence-corrected chi connectivity index (χ4v) is 6.86. The van der Waals surface area contributed by atoms with E-state index in [9.17, 15) is 14.4 Å². The van der Waals surface area contributed by atoms with Gasteiger partial charge in [-0.3, -0.25) is 14.4 Å². The Bertz CT molecular complexity index is 1400. The Morgan fingerprint density at radius 3 is 1.72 bits per heavy atom. The third-order valence-corrected chi connectivity index (χ3v) is 10.0. The van der Waals surface area contributed by atoms with Crippen molar-refractivity contribution in [2.45, 2.75) is 226 Å². The summed E-state index contributed by atoms with van der Waals surface area (Å²) < 4.78 is 10.7. The topological polar surface area (TPSA) is 109 Å². The van der Waals surface area contributed by atoms with Crippen LogP contribution in [0.3, 0.4) is 0 Å². The van der Waals surface area contributed by atoms with Gasteiger partial charge in [-0.15, -0.1) is 0 Å². The number of hydrogen-bond acceptors (Lipinski definition) is 6. The van der Waals surface area contributed by atoms with Crippen LogP contribution < -0.4 is 5.56 Å². The Labute approximate surface area is 358 Å². The highest BCUT2D eigenvalue weighted by Gasteiger charge is 2.24. The molecule has 7 heteroatoms. The number of carbonyl (C=O) groups excluding carboxylic acids is 2. The summed E-state index contributed by atoms with van der Waals surface area (Å²) in [4.78, 5) is 35.8. The van der Waals surface area contributed by atoms with E-state index in [1.807, 2.05) is 79.7 Å². The summed E-state index contributed by atoms with van der Waals surface area (Å²) >= 11 is 0. The lowest BCUT2D eigenvalue weighted by molar-refractivity contribution is -0.154. The van der Waals surface area contributed by atoms with Crippen LogP contribution in [-0.4, -0.2) is 40.8 Å². The number of benzene rings is 1. The zero-order valence-corrected chi connectivity index (χ0v) is 40.9. The first kappa shape index (κ1) is 59.3. The summed E-state index contributed by atoms with van der Waals surface area (Å²) in [6.07, 6.45) is 19.7. The molecule has 0 bridgehead atoms. The molecule has 1 heterocycles. The SMILES string of the molecule is CC(=O)c1ccc(C)cc1C.CCCC(=N)c1c(C)cc[nH]c1=O.CCCC(=O)OC(C)(C)C.CCCC(CC)(CCC)CCC.CCCCOC(C)CC(C)CC. The quantitative estimate of drug-likeness (QED) is 0.0599. The van der Waals surface area contributed by atoms with Gasteiger partial charge in [0.05, 0.1) is 11.7 Å². The van der Waals surface area contributed by atoms with Crippen molar-refractivity contribution in [3.05, 3.63) is 68.6 Å². The maximum Gasteiger partial charge on any atom is 0.306 e. The van der Waals surface area contributed by atoms with E-state index in [2.05, 4.69) is 60.4 Å². The van der Waals surface area contributed by atoms with Gasteiger partial charge in [-0.25, -0.2) is 0 Å². The first-order chi connectivity index (χ1) is 27.2. The van der Waals surface area contributed by atoms with Crippen LogP contribution in [0.25, 0.3) is 0 Å². The van der Waals surface area contributed by atoms with Gasteiger partial charge in [0.25, 0.3) is 5.56 Å². The predicted octanol–water partition coefficient (Wildman–Crippen LogP) is 14.9. The van der Waals surface area contributed by atoms with Crippen molar-refractivity contribution in [2.75, 3.05) is 6.61 Å². The molecule has 1 aromatic heterocycles. The van der Waals surface area contributed by atoms with E-state index < -0.39 is 0 Å². The molecule has 0 fully saturated rings. The van der Waals surface area contributed by atoms with Gasteiger partial charge < -0.3 is 19.9 Å². The maximum atomic E-state index is 11.4. The summed E-state index contributed by atoms with van der Waals surface area (Å²) in [5.74, 6) is 0.846. The van der Waals surface area contributed by atoms with Crippen molar-refractivity contribution in [3.8, 4) is 0 Å². The van der Waals surface area contributed by atoms with Gasteiger partial charge in [-0.05, 0) is 129 Å². The average molecular weight is 813 g/mol. The van der Waals surface area contributed by atoms with E-state index in [1.54, 1.807) is 13.1 Å². The van der Waals surface area contributed by atoms with Crippen molar-refractivity contribution in [1.29, 1.82) is 5.41 Å². The van der Waals surface area contributed by atoms with Crippen LogP contribution in [0.4, 0.5) is 0 Å². The molecular weight excluding hydrogens is 721 g/mol. The summed E-state index contributed by atoms with van der Waals surface area (Å²) in [5.41, 5.74) is 5.15. The van der Waals surface area contributed by atoms with E-state index in [4.69, 9.17) is 14.9 Å². The minimum Gasteiger partial charge on any atom is -0.460 e. The van der Waals surface area contributed by atoms with Gasteiger partial charge >= 0.3 is 5.97 Å². The zero-order chi connectivity index (χ0) is 45.3. The van der Waals surface area contributed by atoms with Gasteiger partial charge in [0, 0.05) is 30.5 Å². The Morgan fingerprint density at radius 2 is 1.33 bits per heavy atom. The summed E-state index contributed by atoms with van der Waals surface area (Å²) in [5, 5.41) is 7.69. The number of aryl methyl sites for hydroxylation is 3. The van der Waals surface area contributed by atoms with Crippen molar-refractivity contribution < 1.29 is 19.1 Å². The van der Waals surface area contributed by atoms with Crippen molar-refractivity contribution in [3.63, 3.8) is 0 Å². The van der Waals surface area contributed by atoms with Crippen LogP contribution in [0.5, 0.6) is 0 Å². The number of ether oxygens (including phenoxy) is 2. The first-order valence-corrected chi connectivity index (χ1v) is 22.9. The molecule has 0 amide bonds. The second-order valence-electron chi connectivity index (χ2n) is 17.2. The molecule has 0 saturated carbocycles. The number of aromatic nitrogens is 1. The Morgan fingerprint density at radius 1 is 0.776 bits per heavy atom. The molecule has 336 valence electrons. The molecule has 2 unspecified atom stereocenters. The fourth-order valence-electron chi connectivity index (χ4n) is 6.86. The number of unbranched alkanes of at least 4 members (excludes halogenated alkanes) is 1. The van der Waals surface area contributed by atoms with E-state index in [0.29, 0.717) is 35.6 Å². The molecule has 0 spiro atoms. The summed E-state index contributed by atoms with van der Waals surface area (Å²) in [6.45, 7) is 36.2. The number of H-pyrrole nitrogens is 1. The monoisotopic (exact) mass is 813 g/mol. The van der Waals surface area contributed by atoms with Gasteiger partial charge in [-0.1, -0.05) is 131 Å². The van der Waals surface area contributed by atoms with Crippen LogP contribution in [0.1, 0.15) is 226 Å². The minimum atomic E-state index is -0.327. The van der Waals surface area contributed by atoms with E-state index >= 15 is 0 Å². The molecule has 0 aliphatic rings. The van der Waals surface area contributed by atoms with Crippen LogP contribution in [0.2, 0.25) is 0 Å². The number of esters is 1.